The molecule has 22 heavy (non-hydrogen) atoms. The molecule has 3 rings (SSSR count). The number of aromatic nitrogens is 1. The van der Waals surface area contributed by atoms with Gasteiger partial charge in [-0.1, -0.05) is 0 Å². The molecule has 0 unspecified atom stereocenters. The van der Waals surface area contributed by atoms with Gasteiger partial charge in [0.05, 0.1) is 13.7 Å². The Kier molecular flexibility index (Phi) is 3.42. The second-order valence-electron chi connectivity index (χ2n) is 4.58. The number of anilines is 2. The van der Waals surface area contributed by atoms with Crippen LogP contribution in [-0.4, -0.2) is 30.6 Å². The smallest absolute Gasteiger partial charge is 0.373 e. The van der Waals surface area contributed by atoms with Crippen LogP contribution >= 0.6 is 0 Å². The van der Waals surface area contributed by atoms with E-state index in [-0.39, 0.29) is 30.6 Å². The number of fused-ring (bicyclic) bond motifs is 1. The third-order valence-corrected chi connectivity index (χ3v) is 3.13. The highest BCUT2D eigenvalue weighted by Gasteiger charge is 2.28. The quantitative estimate of drug-likeness (QED) is 0.841. The molecule has 0 atom stereocenters. The topological polar surface area (TPSA) is 108 Å². The van der Waals surface area contributed by atoms with E-state index in [9.17, 15) is 9.59 Å². The van der Waals surface area contributed by atoms with Crippen LogP contribution in [0.3, 0.4) is 0 Å². The summed E-state index contributed by atoms with van der Waals surface area (Å²) in [6, 6.07) is 6.33. The monoisotopic (exact) mass is 303 g/mol. The number of methoxy groups -OCH3 is 1. The Balaban J connectivity index is 1.89. The highest BCUT2D eigenvalue weighted by atomic mass is 16.5. The molecule has 8 nitrogen and oxygen atoms in total. The van der Waals surface area contributed by atoms with Crippen molar-refractivity contribution in [1.82, 2.24) is 4.98 Å². The van der Waals surface area contributed by atoms with Crippen molar-refractivity contribution >= 4 is 23.5 Å². The Morgan fingerprint density at radius 3 is 3.00 bits per heavy atom. The van der Waals surface area contributed by atoms with E-state index in [0.29, 0.717) is 17.3 Å². The fourth-order valence-corrected chi connectivity index (χ4v) is 2.08. The molecule has 0 saturated heterocycles. The van der Waals surface area contributed by atoms with Gasteiger partial charge in [-0.15, -0.1) is 0 Å². The Morgan fingerprint density at radius 2 is 2.23 bits per heavy atom. The largest absolute Gasteiger partial charge is 0.480 e. The molecule has 1 aliphatic rings. The summed E-state index contributed by atoms with van der Waals surface area (Å²) in [6.45, 7) is 0.0196. The van der Waals surface area contributed by atoms with Crippen molar-refractivity contribution in [2.75, 3.05) is 24.4 Å². The fraction of sp³-hybridized carbons (Fsp3) is 0.214. The van der Waals surface area contributed by atoms with Crippen molar-refractivity contribution in [3.05, 3.63) is 35.8 Å². The van der Waals surface area contributed by atoms with Crippen molar-refractivity contribution in [1.29, 1.82) is 0 Å². The zero-order valence-corrected chi connectivity index (χ0v) is 11.7. The first-order valence-electron chi connectivity index (χ1n) is 6.45. The fourth-order valence-electron chi connectivity index (χ4n) is 2.08. The number of nitrogens with two attached hydrogens (primary N) is 1. The summed E-state index contributed by atoms with van der Waals surface area (Å²) in [5.74, 6) is 0.700. The van der Waals surface area contributed by atoms with Gasteiger partial charge in [-0.25, -0.2) is 9.78 Å². The lowest BCUT2D eigenvalue weighted by molar-refractivity contribution is -0.121. The van der Waals surface area contributed by atoms with E-state index in [4.69, 9.17) is 14.9 Å². The van der Waals surface area contributed by atoms with Gasteiger partial charge in [-0.3, -0.25) is 9.69 Å². The number of rotatable bonds is 3. The van der Waals surface area contributed by atoms with Crippen LogP contribution in [0.5, 0.6) is 5.75 Å². The number of carbonyl (C=O) groups excluding carboxylic acids is 2. The molecule has 0 bridgehead atoms. The molecule has 0 saturated carbocycles. The van der Waals surface area contributed by atoms with E-state index in [1.54, 1.807) is 18.2 Å². The summed E-state index contributed by atoms with van der Waals surface area (Å²) in [5.41, 5.74) is 5.66. The molecule has 0 radical (unpaired) electrons. The van der Waals surface area contributed by atoms with Crippen molar-refractivity contribution in [3.63, 3.8) is 0 Å². The normalized spacial score (nSPS) is 13.5. The number of pyridine rings is 1. The van der Waals surface area contributed by atoms with E-state index in [1.807, 2.05) is 0 Å². The molecule has 2 aromatic heterocycles. The van der Waals surface area contributed by atoms with Gasteiger partial charge in [0.15, 0.2) is 18.2 Å². The molecule has 0 fully saturated rings. The number of ether oxygens (including phenoxy) is 2. The summed E-state index contributed by atoms with van der Waals surface area (Å²) < 4.78 is 15.2. The lowest BCUT2D eigenvalue weighted by Gasteiger charge is -2.27. The first kappa shape index (κ1) is 13.9. The average Bonchev–Trinajstić information content (AvgIpc) is 2.98. The predicted molar refractivity (Wildman–Crippen MR) is 75.4 cm³/mol. The Morgan fingerprint density at radius 1 is 1.41 bits per heavy atom. The molecule has 2 aromatic rings. The SMILES string of the molecule is COC(=O)c1ccc(CN2C(=O)COc3ccc(N)nc32)o1. The first-order valence-corrected chi connectivity index (χ1v) is 6.45. The van der Waals surface area contributed by atoms with E-state index in [1.165, 1.54) is 18.1 Å². The number of amides is 1. The molecule has 114 valence electrons. The molecule has 1 amide bonds. The van der Waals surface area contributed by atoms with E-state index in [0.717, 1.165) is 0 Å². The Hall–Kier alpha value is -3.03. The number of hydrogen-bond donors (Lipinski definition) is 1. The summed E-state index contributed by atoms with van der Waals surface area (Å²) in [7, 11) is 1.26. The van der Waals surface area contributed by atoms with Crippen LogP contribution in [0.15, 0.2) is 28.7 Å². The third kappa shape index (κ3) is 2.46. The van der Waals surface area contributed by atoms with Crippen molar-refractivity contribution in [2.45, 2.75) is 6.54 Å². The van der Waals surface area contributed by atoms with Crippen molar-refractivity contribution < 1.29 is 23.5 Å². The minimum absolute atomic E-state index is 0.0685. The molecule has 0 aliphatic carbocycles. The van der Waals surface area contributed by atoms with E-state index < -0.39 is 5.97 Å². The van der Waals surface area contributed by atoms with Gasteiger partial charge in [0.25, 0.3) is 5.91 Å². The second kappa shape index (κ2) is 5.40. The molecule has 0 aromatic carbocycles. The molecule has 2 N–H and O–H groups in total. The maximum Gasteiger partial charge on any atom is 0.373 e. The number of furan rings is 1. The van der Waals surface area contributed by atoms with Gasteiger partial charge >= 0.3 is 5.97 Å². The summed E-state index contributed by atoms with van der Waals surface area (Å²) in [5, 5.41) is 0. The second-order valence-corrected chi connectivity index (χ2v) is 4.58. The predicted octanol–water partition coefficient (Wildman–Crippen LogP) is 0.969. The number of esters is 1. The van der Waals surface area contributed by atoms with Gasteiger partial charge in [-0.2, -0.15) is 0 Å². The van der Waals surface area contributed by atoms with Crippen LogP contribution in [0.2, 0.25) is 0 Å². The van der Waals surface area contributed by atoms with Gasteiger partial charge in [0.1, 0.15) is 11.6 Å². The van der Waals surface area contributed by atoms with E-state index >= 15 is 0 Å². The zero-order chi connectivity index (χ0) is 15.7. The lowest BCUT2D eigenvalue weighted by Crippen LogP contribution is -2.38. The maximum atomic E-state index is 12.1. The van der Waals surface area contributed by atoms with Crippen LogP contribution in [0.4, 0.5) is 11.6 Å². The Labute approximate surface area is 125 Å². The molecule has 0 spiro atoms. The highest BCUT2D eigenvalue weighted by Crippen LogP contribution is 2.32. The molecular weight excluding hydrogens is 290 g/mol. The average molecular weight is 303 g/mol. The summed E-state index contributed by atoms with van der Waals surface area (Å²) in [6.07, 6.45) is 0. The van der Waals surface area contributed by atoms with E-state index in [2.05, 4.69) is 9.72 Å². The van der Waals surface area contributed by atoms with Crippen LogP contribution < -0.4 is 15.4 Å². The van der Waals surface area contributed by atoms with Crippen molar-refractivity contribution in [3.8, 4) is 5.75 Å². The van der Waals surface area contributed by atoms with Crippen LogP contribution in [0, 0.1) is 0 Å². The molecule has 1 aliphatic heterocycles. The standard InChI is InChI=1S/C14H13N3O5/c1-20-14(19)10-3-2-8(22-10)6-17-12(18)7-21-9-4-5-11(15)16-13(9)17/h2-5H,6-7H2,1H3,(H2,15,16). The minimum Gasteiger partial charge on any atom is -0.480 e. The summed E-state index contributed by atoms with van der Waals surface area (Å²) >= 11 is 0. The maximum absolute atomic E-state index is 12.1. The van der Waals surface area contributed by atoms with Crippen LogP contribution in [0.1, 0.15) is 16.3 Å². The van der Waals surface area contributed by atoms with Crippen LogP contribution in [-0.2, 0) is 16.1 Å². The number of nitrogens with zero attached hydrogens (tertiary/aromatic N) is 2. The van der Waals surface area contributed by atoms with Crippen LogP contribution in [0.25, 0.3) is 0 Å². The molecule has 3 heterocycles. The van der Waals surface area contributed by atoms with Gasteiger partial charge < -0.3 is 19.6 Å². The van der Waals surface area contributed by atoms with Gasteiger partial charge in [0.2, 0.25) is 5.76 Å². The number of nitrogen functional groups attached to an aromatic ring is 1. The Bertz CT molecular complexity index is 740. The number of hydrogen-bond acceptors (Lipinski definition) is 7. The van der Waals surface area contributed by atoms with Gasteiger partial charge in [-0.05, 0) is 24.3 Å². The first-order chi connectivity index (χ1) is 10.6. The lowest BCUT2D eigenvalue weighted by atomic mass is 10.3. The van der Waals surface area contributed by atoms with Gasteiger partial charge in [0, 0.05) is 0 Å². The summed E-state index contributed by atoms with van der Waals surface area (Å²) in [4.78, 5) is 29.0. The number of carbonyl (C=O) groups is 2. The third-order valence-electron chi connectivity index (χ3n) is 3.13. The zero-order valence-electron chi connectivity index (χ0n) is 11.7. The van der Waals surface area contributed by atoms with Crippen molar-refractivity contribution in [2.24, 2.45) is 0 Å². The highest BCUT2D eigenvalue weighted by molar-refractivity contribution is 5.96. The molecular formula is C14H13N3O5. The molecule has 8 heteroatoms. The minimum atomic E-state index is -0.581.